The Morgan fingerprint density at radius 3 is 2.56 bits per heavy atom. The molecule has 1 heterocycles. The molecule has 0 amide bonds. The van der Waals surface area contributed by atoms with E-state index >= 15 is 0 Å². The van der Waals surface area contributed by atoms with E-state index in [1.807, 2.05) is 54.6 Å². The molecule has 0 spiro atoms. The van der Waals surface area contributed by atoms with Crippen molar-refractivity contribution in [3.05, 3.63) is 77.7 Å². The Hall–Kier alpha value is -3.21. The van der Waals surface area contributed by atoms with Crippen molar-refractivity contribution in [2.24, 2.45) is 0 Å². The fourth-order valence-electron chi connectivity index (χ4n) is 2.22. The molecule has 0 unspecified atom stereocenters. The summed E-state index contributed by atoms with van der Waals surface area (Å²) in [5, 5.41) is 7.83. The lowest BCUT2D eigenvalue weighted by atomic mass is 10.1. The molecule has 5 heteroatoms. The van der Waals surface area contributed by atoms with Gasteiger partial charge in [-0.1, -0.05) is 49.4 Å². The minimum absolute atomic E-state index is 0.0578. The van der Waals surface area contributed by atoms with Crippen LogP contribution in [-0.2, 0) is 22.6 Å². The van der Waals surface area contributed by atoms with E-state index in [0.717, 1.165) is 17.5 Å². The number of nitrogens with zero attached hydrogens (tertiary/aromatic N) is 2. The molecule has 0 radical (unpaired) electrons. The van der Waals surface area contributed by atoms with Crippen LogP contribution in [0.3, 0.4) is 0 Å². The van der Waals surface area contributed by atoms with E-state index in [2.05, 4.69) is 17.1 Å². The van der Waals surface area contributed by atoms with Gasteiger partial charge in [0.1, 0.15) is 0 Å². The largest absolute Gasteiger partial charge is 0.452 e. The molecule has 3 rings (SSSR count). The number of carbonyl (C=O) groups excluding carboxylic acids is 1. The summed E-state index contributed by atoms with van der Waals surface area (Å²) in [4.78, 5) is 11.8. The van der Waals surface area contributed by atoms with Crippen molar-refractivity contribution in [1.29, 1.82) is 0 Å². The van der Waals surface area contributed by atoms with E-state index in [1.54, 1.807) is 6.08 Å². The standard InChI is InChI=1S/C20H18N2O3/c1-2-15-8-10-16(11-9-15)12-13-19(23)24-14-18-21-22-20(25-18)17-6-4-3-5-7-17/h3-13H,2,14H2,1H3/b13-12+. The van der Waals surface area contributed by atoms with Gasteiger partial charge in [-0.15, -0.1) is 10.2 Å². The number of rotatable bonds is 6. The highest BCUT2D eigenvalue weighted by Crippen LogP contribution is 2.17. The third-order valence-corrected chi connectivity index (χ3v) is 3.63. The van der Waals surface area contributed by atoms with E-state index in [0.29, 0.717) is 5.89 Å². The van der Waals surface area contributed by atoms with Crippen molar-refractivity contribution in [3.63, 3.8) is 0 Å². The number of benzene rings is 2. The Balaban J connectivity index is 1.53. The highest BCUT2D eigenvalue weighted by atomic mass is 16.5. The second-order valence-corrected chi connectivity index (χ2v) is 5.40. The quantitative estimate of drug-likeness (QED) is 0.502. The van der Waals surface area contributed by atoms with Gasteiger partial charge in [-0.3, -0.25) is 0 Å². The molecular formula is C20H18N2O3. The van der Waals surface area contributed by atoms with Crippen LogP contribution >= 0.6 is 0 Å². The first-order valence-electron chi connectivity index (χ1n) is 8.06. The molecule has 3 aromatic rings. The first kappa shape index (κ1) is 16.6. The Bertz CT molecular complexity index is 852. The monoisotopic (exact) mass is 334 g/mol. The van der Waals surface area contributed by atoms with E-state index in [1.165, 1.54) is 11.6 Å². The number of esters is 1. The van der Waals surface area contributed by atoms with Gasteiger partial charge < -0.3 is 9.15 Å². The highest BCUT2D eigenvalue weighted by molar-refractivity contribution is 5.87. The summed E-state index contributed by atoms with van der Waals surface area (Å²) in [6, 6.07) is 17.4. The van der Waals surface area contributed by atoms with Crippen molar-refractivity contribution in [3.8, 4) is 11.5 Å². The molecule has 0 saturated heterocycles. The lowest BCUT2D eigenvalue weighted by Crippen LogP contribution is -2.00. The molecule has 0 N–H and O–H groups in total. The van der Waals surface area contributed by atoms with Gasteiger partial charge in [-0.05, 0) is 35.8 Å². The number of aryl methyl sites for hydroxylation is 1. The maximum Gasteiger partial charge on any atom is 0.331 e. The van der Waals surface area contributed by atoms with Crippen LogP contribution in [0.25, 0.3) is 17.5 Å². The molecule has 0 aliphatic heterocycles. The van der Waals surface area contributed by atoms with Crippen LogP contribution in [0.4, 0.5) is 0 Å². The van der Waals surface area contributed by atoms with Gasteiger partial charge in [0.25, 0.3) is 5.89 Å². The van der Waals surface area contributed by atoms with Crippen LogP contribution < -0.4 is 0 Å². The summed E-state index contributed by atoms with van der Waals surface area (Å²) < 4.78 is 10.6. The fourth-order valence-corrected chi connectivity index (χ4v) is 2.22. The molecule has 0 fully saturated rings. The second kappa shape index (κ2) is 8.06. The number of aromatic nitrogens is 2. The molecule has 0 saturated carbocycles. The zero-order chi connectivity index (χ0) is 17.5. The zero-order valence-corrected chi connectivity index (χ0v) is 13.9. The Morgan fingerprint density at radius 1 is 1.08 bits per heavy atom. The van der Waals surface area contributed by atoms with Gasteiger partial charge in [-0.2, -0.15) is 0 Å². The first-order chi connectivity index (χ1) is 12.2. The number of ether oxygens (including phenoxy) is 1. The van der Waals surface area contributed by atoms with Gasteiger partial charge in [0.05, 0.1) is 0 Å². The molecule has 2 aromatic carbocycles. The molecular weight excluding hydrogens is 316 g/mol. The van der Waals surface area contributed by atoms with Gasteiger partial charge >= 0.3 is 5.97 Å². The third kappa shape index (κ3) is 4.64. The molecule has 0 aliphatic rings. The normalized spacial score (nSPS) is 10.9. The topological polar surface area (TPSA) is 65.2 Å². The van der Waals surface area contributed by atoms with Crippen LogP contribution in [0, 0.1) is 0 Å². The van der Waals surface area contributed by atoms with Gasteiger partial charge in [0.15, 0.2) is 6.61 Å². The predicted octanol–water partition coefficient (Wildman–Crippen LogP) is 4.06. The first-order valence-corrected chi connectivity index (χ1v) is 8.06. The highest BCUT2D eigenvalue weighted by Gasteiger charge is 2.09. The average molecular weight is 334 g/mol. The number of hydrogen-bond acceptors (Lipinski definition) is 5. The summed E-state index contributed by atoms with van der Waals surface area (Å²) in [6.45, 7) is 2.04. The molecule has 0 atom stereocenters. The van der Waals surface area contributed by atoms with E-state index in [-0.39, 0.29) is 12.5 Å². The zero-order valence-electron chi connectivity index (χ0n) is 13.9. The van der Waals surface area contributed by atoms with Crippen LogP contribution in [0.5, 0.6) is 0 Å². The van der Waals surface area contributed by atoms with Crippen molar-refractivity contribution in [1.82, 2.24) is 10.2 Å². The van der Waals surface area contributed by atoms with Crippen molar-refractivity contribution < 1.29 is 13.9 Å². The summed E-state index contributed by atoms with van der Waals surface area (Å²) in [6.07, 6.45) is 4.08. The molecule has 25 heavy (non-hydrogen) atoms. The summed E-state index contributed by atoms with van der Waals surface area (Å²) in [5.41, 5.74) is 3.02. The summed E-state index contributed by atoms with van der Waals surface area (Å²) in [5.74, 6) is 0.199. The SMILES string of the molecule is CCc1ccc(/C=C/C(=O)OCc2nnc(-c3ccccc3)o2)cc1. The molecule has 126 valence electrons. The van der Waals surface area contributed by atoms with E-state index in [9.17, 15) is 4.79 Å². The molecule has 1 aromatic heterocycles. The minimum Gasteiger partial charge on any atom is -0.452 e. The van der Waals surface area contributed by atoms with Crippen molar-refractivity contribution in [2.45, 2.75) is 20.0 Å². The van der Waals surface area contributed by atoms with Crippen LogP contribution in [0.2, 0.25) is 0 Å². The maximum atomic E-state index is 11.8. The number of hydrogen-bond donors (Lipinski definition) is 0. The lowest BCUT2D eigenvalue weighted by Gasteiger charge is -1.99. The number of carbonyl (C=O) groups is 1. The Morgan fingerprint density at radius 2 is 1.84 bits per heavy atom. The minimum atomic E-state index is -0.459. The molecule has 5 nitrogen and oxygen atoms in total. The van der Waals surface area contributed by atoms with Crippen molar-refractivity contribution >= 4 is 12.0 Å². The molecule has 0 bridgehead atoms. The Kier molecular flexibility index (Phi) is 5.36. The smallest absolute Gasteiger partial charge is 0.331 e. The van der Waals surface area contributed by atoms with Crippen LogP contribution in [0.1, 0.15) is 23.9 Å². The van der Waals surface area contributed by atoms with Crippen LogP contribution in [-0.4, -0.2) is 16.2 Å². The van der Waals surface area contributed by atoms with E-state index in [4.69, 9.17) is 9.15 Å². The van der Waals surface area contributed by atoms with Gasteiger partial charge in [-0.25, -0.2) is 4.79 Å². The van der Waals surface area contributed by atoms with Gasteiger partial charge in [0.2, 0.25) is 5.89 Å². The van der Waals surface area contributed by atoms with Crippen LogP contribution in [0.15, 0.2) is 65.1 Å². The summed E-state index contributed by atoms with van der Waals surface area (Å²) in [7, 11) is 0. The summed E-state index contributed by atoms with van der Waals surface area (Å²) >= 11 is 0. The fraction of sp³-hybridized carbons (Fsp3) is 0.150. The Labute approximate surface area is 146 Å². The lowest BCUT2D eigenvalue weighted by molar-refractivity contribution is -0.139. The second-order valence-electron chi connectivity index (χ2n) is 5.40. The predicted molar refractivity (Wildman–Crippen MR) is 94.4 cm³/mol. The van der Waals surface area contributed by atoms with Crippen molar-refractivity contribution in [2.75, 3.05) is 0 Å². The third-order valence-electron chi connectivity index (χ3n) is 3.63. The average Bonchev–Trinajstić information content (AvgIpc) is 3.15. The maximum absolute atomic E-state index is 11.8. The van der Waals surface area contributed by atoms with E-state index < -0.39 is 5.97 Å². The molecule has 0 aliphatic carbocycles. The van der Waals surface area contributed by atoms with Gasteiger partial charge in [0, 0.05) is 11.6 Å².